The lowest BCUT2D eigenvalue weighted by Crippen LogP contribution is -2.09. The number of rotatable bonds is 6. The Morgan fingerprint density at radius 2 is 0.938 bits per heavy atom. The largest absolute Gasteiger partial charge is 0.456 e. The van der Waals surface area contributed by atoms with E-state index in [0.29, 0.717) is 0 Å². The van der Waals surface area contributed by atoms with E-state index in [0.717, 1.165) is 83.7 Å². The Balaban J connectivity index is 1.18. The van der Waals surface area contributed by atoms with Gasteiger partial charge in [-0.3, -0.25) is 0 Å². The van der Waals surface area contributed by atoms with Crippen molar-refractivity contribution < 1.29 is 4.42 Å². The molecule has 9 aromatic rings. The Bertz CT molecular complexity index is 2520. The summed E-state index contributed by atoms with van der Waals surface area (Å²) >= 11 is 0. The molecule has 48 heavy (non-hydrogen) atoms. The summed E-state index contributed by atoms with van der Waals surface area (Å²) in [5.41, 5.74) is 12.7. The molecule has 0 amide bonds. The SMILES string of the molecule is c1ccc(N(c2ccccc2)c2cccc(-c3nc4ccccc4nc3-c3ccc(-c4cccc5oc6ccccc6c45)cc3)c2)cc1. The van der Waals surface area contributed by atoms with Crippen LogP contribution in [0, 0.1) is 0 Å². The van der Waals surface area contributed by atoms with Crippen molar-refractivity contribution in [3.8, 4) is 33.6 Å². The molecule has 4 heteroatoms. The molecule has 0 radical (unpaired) electrons. The first-order valence-electron chi connectivity index (χ1n) is 16.1. The van der Waals surface area contributed by atoms with Crippen LogP contribution in [0.25, 0.3) is 66.6 Å². The molecule has 0 aliphatic rings. The Morgan fingerprint density at radius 3 is 1.65 bits per heavy atom. The van der Waals surface area contributed by atoms with Gasteiger partial charge < -0.3 is 9.32 Å². The van der Waals surface area contributed by atoms with Crippen LogP contribution in [0.3, 0.4) is 0 Å². The minimum absolute atomic E-state index is 0.840. The first kappa shape index (κ1) is 27.8. The highest BCUT2D eigenvalue weighted by Crippen LogP contribution is 2.40. The Labute approximate surface area is 278 Å². The van der Waals surface area contributed by atoms with E-state index in [9.17, 15) is 0 Å². The fourth-order valence-corrected chi connectivity index (χ4v) is 6.62. The fraction of sp³-hybridized carbons (Fsp3) is 0. The summed E-state index contributed by atoms with van der Waals surface area (Å²) in [6, 6.07) is 60.7. The summed E-state index contributed by atoms with van der Waals surface area (Å²) < 4.78 is 6.17. The molecule has 0 spiro atoms. The molecule has 0 saturated heterocycles. The first-order valence-corrected chi connectivity index (χ1v) is 16.1. The second-order valence-electron chi connectivity index (χ2n) is 11.8. The van der Waals surface area contributed by atoms with Crippen molar-refractivity contribution in [2.75, 3.05) is 4.90 Å². The number of nitrogens with zero attached hydrogens (tertiary/aromatic N) is 3. The molecule has 226 valence electrons. The van der Waals surface area contributed by atoms with Crippen molar-refractivity contribution >= 4 is 50.0 Å². The predicted molar refractivity (Wildman–Crippen MR) is 198 cm³/mol. The molecule has 7 aromatic carbocycles. The highest BCUT2D eigenvalue weighted by molar-refractivity contribution is 6.12. The van der Waals surface area contributed by atoms with Crippen LogP contribution in [0.1, 0.15) is 0 Å². The van der Waals surface area contributed by atoms with Crippen molar-refractivity contribution in [2.45, 2.75) is 0 Å². The summed E-state index contributed by atoms with van der Waals surface area (Å²) in [5.74, 6) is 0. The number of para-hydroxylation sites is 5. The second-order valence-corrected chi connectivity index (χ2v) is 11.8. The minimum atomic E-state index is 0.840. The van der Waals surface area contributed by atoms with Gasteiger partial charge in [0.05, 0.1) is 22.4 Å². The van der Waals surface area contributed by atoms with Gasteiger partial charge in [0.15, 0.2) is 0 Å². The maximum Gasteiger partial charge on any atom is 0.136 e. The van der Waals surface area contributed by atoms with Crippen molar-refractivity contribution in [3.05, 3.63) is 176 Å². The van der Waals surface area contributed by atoms with Gasteiger partial charge in [-0.05, 0) is 71.8 Å². The third-order valence-corrected chi connectivity index (χ3v) is 8.85. The summed E-state index contributed by atoms with van der Waals surface area (Å²) in [5, 5.41) is 2.25. The van der Waals surface area contributed by atoms with Gasteiger partial charge in [-0.25, -0.2) is 9.97 Å². The maximum atomic E-state index is 6.17. The molecule has 2 aromatic heterocycles. The summed E-state index contributed by atoms with van der Waals surface area (Å²) in [6.07, 6.45) is 0. The molecule has 0 saturated carbocycles. The Morgan fingerprint density at radius 1 is 0.396 bits per heavy atom. The molecule has 0 aliphatic heterocycles. The zero-order valence-electron chi connectivity index (χ0n) is 26.0. The van der Waals surface area contributed by atoms with Crippen LogP contribution in [0.2, 0.25) is 0 Å². The highest BCUT2D eigenvalue weighted by atomic mass is 16.3. The molecule has 0 bridgehead atoms. The van der Waals surface area contributed by atoms with Crippen LogP contribution in [-0.2, 0) is 0 Å². The van der Waals surface area contributed by atoms with Gasteiger partial charge in [0.2, 0.25) is 0 Å². The van der Waals surface area contributed by atoms with E-state index in [1.807, 2.05) is 54.6 Å². The van der Waals surface area contributed by atoms with Gasteiger partial charge in [0, 0.05) is 39.0 Å². The minimum Gasteiger partial charge on any atom is -0.456 e. The normalized spacial score (nSPS) is 11.3. The molecule has 9 rings (SSSR count). The predicted octanol–water partition coefficient (Wildman–Crippen LogP) is 12.0. The molecular formula is C44H29N3O. The number of anilines is 3. The van der Waals surface area contributed by atoms with Crippen molar-refractivity contribution in [1.29, 1.82) is 0 Å². The molecule has 0 unspecified atom stereocenters. The van der Waals surface area contributed by atoms with Crippen LogP contribution in [0.5, 0.6) is 0 Å². The third-order valence-electron chi connectivity index (χ3n) is 8.85. The average molecular weight is 616 g/mol. The first-order chi connectivity index (χ1) is 23.8. The number of hydrogen-bond donors (Lipinski definition) is 0. The van der Waals surface area contributed by atoms with E-state index in [-0.39, 0.29) is 0 Å². The number of benzene rings is 7. The van der Waals surface area contributed by atoms with E-state index >= 15 is 0 Å². The Kier molecular flexibility index (Phi) is 6.76. The fourth-order valence-electron chi connectivity index (χ4n) is 6.62. The standard InChI is InChI=1S/C44H29N3O/c1-3-14-33(15-4-1)47(34-16-5-2-6-17-34)35-18-11-13-32(29-35)44-43(45-38-21-8-9-22-39(38)46-44)31-27-25-30(26-28-31)36-20-12-24-41-42(36)37-19-7-10-23-40(37)48-41/h1-29H. The number of hydrogen-bond acceptors (Lipinski definition) is 4. The van der Waals surface area contributed by atoms with Crippen molar-refractivity contribution in [1.82, 2.24) is 9.97 Å². The smallest absolute Gasteiger partial charge is 0.136 e. The van der Waals surface area contributed by atoms with E-state index in [1.54, 1.807) is 0 Å². The molecule has 0 atom stereocenters. The van der Waals surface area contributed by atoms with Gasteiger partial charge in [0.25, 0.3) is 0 Å². The second kappa shape index (κ2) is 11.7. The summed E-state index contributed by atoms with van der Waals surface area (Å²) in [7, 11) is 0. The molecule has 0 aliphatic carbocycles. The average Bonchev–Trinajstić information content (AvgIpc) is 3.55. The molecule has 2 heterocycles. The topological polar surface area (TPSA) is 42.2 Å². The van der Waals surface area contributed by atoms with Crippen molar-refractivity contribution in [3.63, 3.8) is 0 Å². The van der Waals surface area contributed by atoms with Crippen LogP contribution in [0.4, 0.5) is 17.1 Å². The van der Waals surface area contributed by atoms with Crippen LogP contribution in [-0.4, -0.2) is 9.97 Å². The monoisotopic (exact) mass is 615 g/mol. The van der Waals surface area contributed by atoms with Gasteiger partial charge >= 0.3 is 0 Å². The molecular weight excluding hydrogens is 587 g/mol. The number of furan rings is 1. The molecule has 4 nitrogen and oxygen atoms in total. The number of aromatic nitrogens is 2. The van der Waals surface area contributed by atoms with Gasteiger partial charge in [-0.1, -0.05) is 115 Å². The van der Waals surface area contributed by atoms with Gasteiger partial charge in [-0.15, -0.1) is 0 Å². The van der Waals surface area contributed by atoms with E-state index in [1.165, 1.54) is 0 Å². The highest BCUT2D eigenvalue weighted by Gasteiger charge is 2.18. The summed E-state index contributed by atoms with van der Waals surface area (Å²) in [6.45, 7) is 0. The number of fused-ring (bicyclic) bond motifs is 4. The van der Waals surface area contributed by atoms with Crippen LogP contribution in [0.15, 0.2) is 180 Å². The lowest BCUT2D eigenvalue weighted by atomic mass is 9.97. The molecule has 0 fully saturated rings. The van der Waals surface area contributed by atoms with E-state index in [4.69, 9.17) is 14.4 Å². The van der Waals surface area contributed by atoms with E-state index in [2.05, 4.69) is 126 Å². The van der Waals surface area contributed by atoms with Crippen LogP contribution < -0.4 is 4.90 Å². The zero-order valence-corrected chi connectivity index (χ0v) is 26.0. The lowest BCUT2D eigenvalue weighted by Gasteiger charge is -2.26. The zero-order chi connectivity index (χ0) is 31.9. The Hall–Kier alpha value is -6.52. The quantitative estimate of drug-likeness (QED) is 0.187. The molecule has 0 N–H and O–H groups in total. The summed E-state index contributed by atoms with van der Waals surface area (Å²) in [4.78, 5) is 12.7. The lowest BCUT2D eigenvalue weighted by molar-refractivity contribution is 0.669. The van der Waals surface area contributed by atoms with E-state index < -0.39 is 0 Å². The maximum absolute atomic E-state index is 6.17. The van der Waals surface area contributed by atoms with Crippen LogP contribution >= 0.6 is 0 Å². The van der Waals surface area contributed by atoms with Crippen molar-refractivity contribution in [2.24, 2.45) is 0 Å². The van der Waals surface area contributed by atoms with Gasteiger partial charge in [0.1, 0.15) is 11.2 Å². The van der Waals surface area contributed by atoms with Gasteiger partial charge in [-0.2, -0.15) is 0 Å². The third kappa shape index (κ3) is 4.88.